The van der Waals surface area contributed by atoms with E-state index in [0.29, 0.717) is 24.9 Å². The number of aliphatic hydroxyl groups is 1. The molecule has 10 heteroatoms. The number of likely N-dealkylation sites (tertiary alicyclic amines) is 1. The first-order chi connectivity index (χ1) is 21.0. The Kier molecular flexibility index (Phi) is 9.32. The van der Waals surface area contributed by atoms with Crippen molar-refractivity contribution >= 4 is 23.7 Å². The number of hydrogen-bond acceptors (Lipinski definition) is 7. The van der Waals surface area contributed by atoms with Crippen molar-refractivity contribution in [1.29, 1.82) is 0 Å². The van der Waals surface area contributed by atoms with Gasteiger partial charge in [-0.15, -0.1) is 0 Å². The van der Waals surface area contributed by atoms with Gasteiger partial charge in [0.1, 0.15) is 23.7 Å². The Hall–Kier alpha value is -3.50. The predicted molar refractivity (Wildman–Crippen MR) is 163 cm³/mol. The van der Waals surface area contributed by atoms with Crippen molar-refractivity contribution in [2.45, 2.75) is 95.9 Å². The highest BCUT2D eigenvalue weighted by molar-refractivity contribution is 5.99. The minimum absolute atomic E-state index is 0.113. The second-order valence-corrected chi connectivity index (χ2v) is 12.8. The molecule has 4 aliphatic rings. The van der Waals surface area contributed by atoms with Crippen LogP contribution >= 0.6 is 0 Å². The number of nitrogens with one attached hydrogen (secondary N) is 1. The lowest BCUT2D eigenvalue weighted by molar-refractivity contribution is -0.162. The van der Waals surface area contributed by atoms with Gasteiger partial charge in [-0.05, 0) is 38.7 Å². The van der Waals surface area contributed by atoms with Crippen LogP contribution in [0.2, 0.25) is 0 Å². The molecule has 0 radical (unpaired) electrons. The normalized spacial score (nSPS) is 34.6. The number of nitrogens with zero attached hydrogens (tertiary/aromatic N) is 2. The third-order valence-corrected chi connectivity index (χ3v) is 9.78. The Morgan fingerprint density at radius 3 is 2.45 bits per heavy atom. The molecule has 0 bridgehead atoms. The molecule has 238 valence electrons. The first-order valence-corrected chi connectivity index (χ1v) is 15.9. The van der Waals surface area contributed by atoms with Gasteiger partial charge in [-0.25, -0.2) is 0 Å². The molecule has 0 unspecified atom stereocenters. The van der Waals surface area contributed by atoms with Gasteiger partial charge in [-0.3, -0.25) is 19.2 Å². The number of ether oxygens (including phenoxy) is 2. The van der Waals surface area contributed by atoms with Gasteiger partial charge in [0.15, 0.2) is 0 Å². The summed E-state index contributed by atoms with van der Waals surface area (Å²) in [5.74, 6) is -3.71. The highest BCUT2D eigenvalue weighted by Crippen LogP contribution is 2.54. The highest BCUT2D eigenvalue weighted by atomic mass is 16.6. The van der Waals surface area contributed by atoms with Crippen LogP contribution in [-0.4, -0.2) is 87.6 Å². The Balaban J connectivity index is 1.64. The van der Waals surface area contributed by atoms with Crippen LogP contribution in [0.1, 0.15) is 65.5 Å². The zero-order chi connectivity index (χ0) is 31.8. The van der Waals surface area contributed by atoms with Gasteiger partial charge in [-0.2, -0.15) is 0 Å². The minimum Gasteiger partial charge on any atom is -0.455 e. The minimum atomic E-state index is -1.44. The first-order valence-electron chi connectivity index (χ1n) is 15.9. The number of esters is 1. The van der Waals surface area contributed by atoms with E-state index in [9.17, 15) is 24.3 Å². The molecule has 1 spiro atoms. The molecule has 2 saturated heterocycles. The van der Waals surface area contributed by atoms with Crippen molar-refractivity contribution < 1.29 is 33.8 Å². The zero-order valence-electron chi connectivity index (χ0n) is 26.2. The van der Waals surface area contributed by atoms with E-state index in [1.165, 1.54) is 4.90 Å². The molecule has 9 atom stereocenters. The van der Waals surface area contributed by atoms with Crippen LogP contribution in [0.5, 0.6) is 0 Å². The van der Waals surface area contributed by atoms with Crippen LogP contribution in [0.15, 0.2) is 54.6 Å². The molecule has 1 aromatic rings. The van der Waals surface area contributed by atoms with E-state index in [-0.39, 0.29) is 36.8 Å². The maximum absolute atomic E-state index is 14.7. The molecular weight excluding hydrogens is 562 g/mol. The van der Waals surface area contributed by atoms with Crippen LogP contribution in [0.3, 0.4) is 0 Å². The molecule has 0 aliphatic carbocycles. The zero-order valence-corrected chi connectivity index (χ0v) is 26.2. The van der Waals surface area contributed by atoms with Crippen molar-refractivity contribution in [2.24, 2.45) is 17.8 Å². The van der Waals surface area contributed by atoms with Gasteiger partial charge in [-0.1, -0.05) is 74.9 Å². The van der Waals surface area contributed by atoms with E-state index in [4.69, 9.17) is 9.47 Å². The SMILES string of the molecule is CC[C@H](C)[C@H](CO)N1C(=O)[C@@H]2[C@H]3C(=O)O[C@H](c4ccccc4)[C@@H](C)NC(=O)CC/C=C\[C@H]3O[C@@]23C=CCN(C(C)C)C(=O)[C@@H]13. The highest BCUT2D eigenvalue weighted by Gasteiger charge is 2.72. The largest absolute Gasteiger partial charge is 0.455 e. The maximum Gasteiger partial charge on any atom is 0.313 e. The molecule has 2 N–H and O–H groups in total. The Morgan fingerprint density at radius 2 is 1.80 bits per heavy atom. The molecule has 44 heavy (non-hydrogen) atoms. The summed E-state index contributed by atoms with van der Waals surface area (Å²) in [5.41, 5.74) is -0.739. The molecular formula is C34H45N3O7. The van der Waals surface area contributed by atoms with E-state index in [0.717, 1.165) is 0 Å². The van der Waals surface area contributed by atoms with Crippen LogP contribution in [0.25, 0.3) is 0 Å². The topological polar surface area (TPSA) is 125 Å². The summed E-state index contributed by atoms with van der Waals surface area (Å²) in [5, 5.41) is 13.5. The van der Waals surface area contributed by atoms with Gasteiger partial charge in [0.2, 0.25) is 17.7 Å². The Labute approximate surface area is 259 Å². The summed E-state index contributed by atoms with van der Waals surface area (Å²) in [7, 11) is 0. The van der Waals surface area contributed by atoms with Gasteiger partial charge < -0.3 is 29.7 Å². The van der Waals surface area contributed by atoms with Crippen molar-refractivity contribution in [3.8, 4) is 0 Å². The summed E-state index contributed by atoms with van der Waals surface area (Å²) in [6.07, 6.45) is 6.79. The number of aliphatic hydroxyl groups excluding tert-OH is 1. The average molecular weight is 608 g/mol. The molecule has 5 rings (SSSR count). The van der Waals surface area contributed by atoms with Gasteiger partial charge in [0.25, 0.3) is 0 Å². The molecule has 0 saturated carbocycles. The van der Waals surface area contributed by atoms with Crippen molar-refractivity contribution in [1.82, 2.24) is 15.1 Å². The van der Waals surface area contributed by atoms with E-state index in [2.05, 4.69) is 5.32 Å². The van der Waals surface area contributed by atoms with Crippen molar-refractivity contribution in [3.05, 3.63) is 60.2 Å². The van der Waals surface area contributed by atoms with E-state index in [1.54, 1.807) is 30.1 Å². The van der Waals surface area contributed by atoms with Crippen LogP contribution in [0.4, 0.5) is 0 Å². The number of benzene rings is 1. The molecule has 1 aromatic carbocycles. The fourth-order valence-electron chi connectivity index (χ4n) is 7.30. The van der Waals surface area contributed by atoms with E-state index in [1.807, 2.05) is 64.1 Å². The van der Waals surface area contributed by atoms with Gasteiger partial charge in [0, 0.05) is 19.0 Å². The lowest BCUT2D eigenvalue weighted by atomic mass is 9.77. The van der Waals surface area contributed by atoms with E-state index >= 15 is 0 Å². The average Bonchev–Trinajstić information content (AvgIpc) is 3.38. The molecule has 0 aromatic heterocycles. The number of rotatable bonds is 6. The maximum atomic E-state index is 14.7. The number of carbonyl (C=O) groups excluding carboxylic acids is 4. The predicted octanol–water partition coefficient (Wildman–Crippen LogP) is 2.92. The lowest BCUT2D eigenvalue weighted by Gasteiger charge is -2.41. The summed E-state index contributed by atoms with van der Waals surface area (Å²) in [6, 6.07) is 6.80. The quantitative estimate of drug-likeness (QED) is 0.376. The Morgan fingerprint density at radius 1 is 1.07 bits per heavy atom. The van der Waals surface area contributed by atoms with E-state index < -0.39 is 59.6 Å². The van der Waals surface area contributed by atoms with Crippen molar-refractivity contribution in [2.75, 3.05) is 13.2 Å². The Bertz CT molecular complexity index is 1310. The van der Waals surface area contributed by atoms with Crippen molar-refractivity contribution in [3.63, 3.8) is 0 Å². The first kappa shape index (κ1) is 31.9. The smallest absolute Gasteiger partial charge is 0.313 e. The van der Waals surface area contributed by atoms with Gasteiger partial charge >= 0.3 is 5.97 Å². The van der Waals surface area contributed by atoms with Gasteiger partial charge in [0.05, 0.1) is 30.7 Å². The molecule has 4 aliphatic heterocycles. The van der Waals surface area contributed by atoms with Crippen LogP contribution in [0, 0.1) is 17.8 Å². The summed E-state index contributed by atoms with van der Waals surface area (Å²) in [4.78, 5) is 59.4. The summed E-state index contributed by atoms with van der Waals surface area (Å²) >= 11 is 0. The second kappa shape index (κ2) is 12.9. The fourth-order valence-corrected chi connectivity index (χ4v) is 7.30. The number of hydrogen-bond donors (Lipinski definition) is 2. The third kappa shape index (κ3) is 5.47. The molecule has 4 heterocycles. The third-order valence-electron chi connectivity index (χ3n) is 9.78. The number of allylic oxidation sites excluding steroid dienone is 1. The molecule has 3 amide bonds. The molecule has 2 fully saturated rings. The number of fused-ring (bicyclic) bond motifs is 2. The molecule has 10 nitrogen and oxygen atoms in total. The monoisotopic (exact) mass is 607 g/mol. The van der Waals surface area contributed by atoms with Crippen LogP contribution < -0.4 is 5.32 Å². The number of amides is 3. The van der Waals surface area contributed by atoms with Crippen LogP contribution in [-0.2, 0) is 28.7 Å². The number of cyclic esters (lactones) is 1. The lowest BCUT2D eigenvalue weighted by Crippen LogP contribution is -2.60. The number of carbonyl (C=O) groups is 4. The second-order valence-electron chi connectivity index (χ2n) is 12.8. The summed E-state index contributed by atoms with van der Waals surface area (Å²) in [6.45, 7) is 9.56. The fraction of sp³-hybridized carbons (Fsp3) is 0.588. The summed E-state index contributed by atoms with van der Waals surface area (Å²) < 4.78 is 13.0. The standard InChI is InChI=1S/C34H45N3O7/c1-6-21(4)24(19-38)37-30-32(41)36(20(2)3)18-12-17-34(30)28(31(37)40)27-25(44-34)15-10-11-16-26(39)35-22(5)29(43-33(27)42)23-13-8-7-9-14-23/h7-10,12-15,17,20-22,24-25,27-30,38H,6,11,16,18-19H2,1-5H3,(H,35,39)/b15-10-/t21-,22+,24-,25+,27-,28-,29-,30+,34-/m0/s1.